The highest BCUT2D eigenvalue weighted by Gasteiger charge is 2.38. The number of hydrogen-bond donors (Lipinski definition) is 0. The smallest absolute Gasteiger partial charge is 0.240 e. The fourth-order valence-corrected chi connectivity index (χ4v) is 2.25. The average molecular weight is 182 g/mol. The van der Waals surface area contributed by atoms with Gasteiger partial charge in [-0.1, -0.05) is 0 Å². The summed E-state index contributed by atoms with van der Waals surface area (Å²) in [4.78, 5) is 26.1. The van der Waals surface area contributed by atoms with Crippen LogP contribution in [0.4, 0.5) is 0 Å². The van der Waals surface area contributed by atoms with Crippen LogP contribution >= 0.6 is 11.8 Å². The van der Waals surface area contributed by atoms with E-state index < -0.39 is 0 Å². The Hall–Kier alpha value is -1.06. The van der Waals surface area contributed by atoms with Crippen molar-refractivity contribution < 1.29 is 9.59 Å². The highest BCUT2D eigenvalue weighted by molar-refractivity contribution is 8.02. The van der Waals surface area contributed by atoms with E-state index in [4.69, 9.17) is 0 Å². The predicted octanol–water partition coefficient (Wildman–Crippen LogP) is 0.469. The molecule has 5 heteroatoms. The van der Waals surface area contributed by atoms with Crippen molar-refractivity contribution in [1.29, 1.82) is 0 Å². The molecule has 2 aliphatic rings. The number of amides is 1. The zero-order valence-electron chi connectivity index (χ0n) is 6.19. The number of aliphatic imine (C=N–C) groups is 1. The number of fused-ring (bicyclic) bond motifs is 1. The van der Waals surface area contributed by atoms with E-state index >= 15 is 0 Å². The first-order valence-corrected chi connectivity index (χ1v) is 4.47. The van der Waals surface area contributed by atoms with Crippen molar-refractivity contribution in [2.45, 2.75) is 11.8 Å². The molecule has 1 atom stereocenters. The number of hydrogen-bond acceptors (Lipinski definition) is 4. The first kappa shape index (κ1) is 7.58. The number of nitrogens with zero attached hydrogens (tertiary/aromatic N) is 2. The van der Waals surface area contributed by atoms with Gasteiger partial charge in [-0.05, 0) is 5.41 Å². The summed E-state index contributed by atoms with van der Waals surface area (Å²) in [5.74, 6) is 0.138. The van der Waals surface area contributed by atoms with Crippen LogP contribution in [0.1, 0.15) is 6.42 Å². The molecule has 12 heavy (non-hydrogen) atoms. The summed E-state index contributed by atoms with van der Waals surface area (Å²) in [7, 11) is 0. The van der Waals surface area contributed by atoms with E-state index in [0.29, 0.717) is 18.7 Å². The number of isocyanates is 1. The molecule has 2 rings (SSSR count). The van der Waals surface area contributed by atoms with Gasteiger partial charge < -0.3 is 4.90 Å². The third-order valence-electron chi connectivity index (χ3n) is 1.90. The maximum absolute atomic E-state index is 11.0. The van der Waals surface area contributed by atoms with Gasteiger partial charge in [0.1, 0.15) is 0 Å². The van der Waals surface area contributed by atoms with Gasteiger partial charge in [-0.15, -0.1) is 11.8 Å². The molecule has 0 bridgehead atoms. The van der Waals surface area contributed by atoms with E-state index in [2.05, 4.69) is 4.99 Å². The largest absolute Gasteiger partial charge is 0.324 e. The molecule has 0 saturated carbocycles. The molecule has 0 aromatic carbocycles. The minimum Gasteiger partial charge on any atom is -0.324 e. The molecule has 0 aromatic heterocycles. The van der Waals surface area contributed by atoms with Gasteiger partial charge >= 0.3 is 0 Å². The van der Waals surface area contributed by atoms with Crippen LogP contribution in [0.15, 0.2) is 16.1 Å². The van der Waals surface area contributed by atoms with E-state index in [1.54, 1.807) is 4.90 Å². The Bertz CT molecular complexity index is 307. The Labute approximate surface area is 73.3 Å². The monoisotopic (exact) mass is 182 g/mol. The lowest BCUT2D eigenvalue weighted by Gasteiger charge is -2.41. The zero-order valence-corrected chi connectivity index (χ0v) is 7.00. The van der Waals surface area contributed by atoms with Crippen LogP contribution in [-0.2, 0) is 9.59 Å². The van der Waals surface area contributed by atoms with E-state index in [9.17, 15) is 9.59 Å². The molecule has 0 spiro atoms. The van der Waals surface area contributed by atoms with Crippen LogP contribution in [0.5, 0.6) is 0 Å². The van der Waals surface area contributed by atoms with Gasteiger partial charge in [0.25, 0.3) is 0 Å². The van der Waals surface area contributed by atoms with E-state index in [-0.39, 0.29) is 11.3 Å². The van der Waals surface area contributed by atoms with Crippen LogP contribution in [0.25, 0.3) is 0 Å². The highest BCUT2D eigenvalue weighted by atomic mass is 32.2. The Morgan fingerprint density at radius 1 is 1.75 bits per heavy atom. The van der Waals surface area contributed by atoms with Crippen molar-refractivity contribution >= 4 is 23.7 Å². The molecule has 4 nitrogen and oxygen atoms in total. The van der Waals surface area contributed by atoms with Gasteiger partial charge in [-0.2, -0.15) is 4.99 Å². The predicted molar refractivity (Wildman–Crippen MR) is 43.9 cm³/mol. The van der Waals surface area contributed by atoms with Crippen LogP contribution in [0, 0.1) is 0 Å². The van der Waals surface area contributed by atoms with Gasteiger partial charge in [0.05, 0.1) is 24.0 Å². The van der Waals surface area contributed by atoms with Gasteiger partial charge in [-0.25, -0.2) is 4.79 Å². The third kappa shape index (κ3) is 1.07. The number of β-lactam (4-membered cyclic amide) rings is 1. The molecule has 0 N–H and O–H groups in total. The molecule has 0 radical (unpaired) electrons. The molecule has 2 heterocycles. The van der Waals surface area contributed by atoms with E-state index in [1.165, 1.54) is 17.8 Å². The molecule has 1 saturated heterocycles. The summed E-state index contributed by atoms with van der Waals surface area (Å²) in [5, 5.41) is 2.10. The summed E-state index contributed by atoms with van der Waals surface area (Å²) >= 11 is 1.54. The van der Waals surface area contributed by atoms with Crippen LogP contribution in [0.2, 0.25) is 0 Å². The standard InChI is InChI=1S/C7H6N2O2S/c10-4-8-5-2-9-6(11)1-7(9)12-3-5/h3,7H,1-2H2/t7-/m0/s1. The lowest BCUT2D eigenvalue weighted by molar-refractivity contribution is -0.140. The summed E-state index contributed by atoms with van der Waals surface area (Å²) in [6.07, 6.45) is 2.08. The van der Waals surface area contributed by atoms with Crippen molar-refractivity contribution in [3.8, 4) is 0 Å². The van der Waals surface area contributed by atoms with E-state index in [0.717, 1.165) is 0 Å². The van der Waals surface area contributed by atoms with Crippen molar-refractivity contribution in [2.24, 2.45) is 4.99 Å². The lowest BCUT2D eigenvalue weighted by Crippen LogP contribution is -2.52. The number of rotatable bonds is 1. The van der Waals surface area contributed by atoms with Crippen molar-refractivity contribution in [1.82, 2.24) is 4.90 Å². The summed E-state index contributed by atoms with van der Waals surface area (Å²) in [6, 6.07) is 0. The quantitative estimate of drug-likeness (QED) is 0.336. The Morgan fingerprint density at radius 2 is 2.58 bits per heavy atom. The van der Waals surface area contributed by atoms with Gasteiger partial charge in [0.15, 0.2) is 0 Å². The maximum atomic E-state index is 11.0. The topological polar surface area (TPSA) is 49.7 Å². The van der Waals surface area contributed by atoms with Gasteiger partial charge in [-0.3, -0.25) is 4.79 Å². The average Bonchev–Trinajstić information content (AvgIpc) is 2.07. The van der Waals surface area contributed by atoms with Crippen LogP contribution in [-0.4, -0.2) is 28.8 Å². The molecule has 2 aliphatic heterocycles. The second-order valence-corrected chi connectivity index (χ2v) is 3.68. The van der Waals surface area contributed by atoms with Crippen molar-refractivity contribution in [2.75, 3.05) is 6.54 Å². The second kappa shape index (κ2) is 2.77. The Kier molecular flexibility index (Phi) is 1.75. The molecule has 0 unspecified atom stereocenters. The molecular weight excluding hydrogens is 176 g/mol. The molecule has 62 valence electrons. The number of carbonyl (C=O) groups is 1. The first-order chi connectivity index (χ1) is 5.81. The van der Waals surface area contributed by atoms with Gasteiger partial charge in [0.2, 0.25) is 12.0 Å². The third-order valence-corrected chi connectivity index (χ3v) is 3.04. The normalized spacial score (nSPS) is 26.7. The fraction of sp³-hybridized carbons (Fsp3) is 0.429. The SMILES string of the molecule is O=C=NC1=CS[C@H]2CC(=O)N2C1. The highest BCUT2D eigenvalue weighted by Crippen LogP contribution is 2.35. The molecule has 1 fully saturated rings. The molecule has 0 aromatic rings. The molecular formula is C7H6N2O2S. The van der Waals surface area contributed by atoms with E-state index in [1.807, 2.05) is 5.41 Å². The Balaban J connectivity index is 2.12. The summed E-state index contributed by atoms with van der Waals surface area (Å²) < 4.78 is 0. The lowest BCUT2D eigenvalue weighted by atomic mass is 10.2. The van der Waals surface area contributed by atoms with Gasteiger partial charge in [0, 0.05) is 0 Å². The van der Waals surface area contributed by atoms with Crippen LogP contribution in [0.3, 0.4) is 0 Å². The summed E-state index contributed by atoms with van der Waals surface area (Å²) in [6.45, 7) is 0.464. The van der Waals surface area contributed by atoms with Crippen molar-refractivity contribution in [3.63, 3.8) is 0 Å². The Morgan fingerprint density at radius 3 is 3.25 bits per heavy atom. The maximum Gasteiger partial charge on any atom is 0.240 e. The zero-order chi connectivity index (χ0) is 8.55. The molecule has 0 aliphatic carbocycles. The molecule has 1 amide bonds. The number of thioether (sulfide) groups is 1. The minimum atomic E-state index is 0.138. The minimum absolute atomic E-state index is 0.138. The number of carbonyl (C=O) groups excluding carboxylic acids is 2. The fourth-order valence-electron chi connectivity index (χ4n) is 1.23. The summed E-state index contributed by atoms with van der Waals surface area (Å²) in [5.41, 5.74) is 0.624. The second-order valence-electron chi connectivity index (χ2n) is 2.63. The van der Waals surface area contributed by atoms with Crippen LogP contribution < -0.4 is 0 Å². The first-order valence-electron chi connectivity index (χ1n) is 3.53. The van der Waals surface area contributed by atoms with Crippen molar-refractivity contribution in [3.05, 3.63) is 11.1 Å².